The SMILES string of the molecule is CC1(CNC(=O)c2cc(F)cc([N+](=O)[O-])c2N)CCNCC1. The van der Waals surface area contributed by atoms with Crippen LogP contribution in [0.3, 0.4) is 0 Å². The van der Waals surface area contributed by atoms with Crippen LogP contribution >= 0.6 is 0 Å². The summed E-state index contributed by atoms with van der Waals surface area (Å²) >= 11 is 0. The first-order valence-corrected chi connectivity index (χ1v) is 7.05. The van der Waals surface area contributed by atoms with Crippen LogP contribution in [0.4, 0.5) is 15.8 Å². The maximum atomic E-state index is 13.5. The normalized spacial score (nSPS) is 17.0. The van der Waals surface area contributed by atoms with E-state index in [0.29, 0.717) is 12.6 Å². The molecule has 1 heterocycles. The molecule has 1 aromatic carbocycles. The Labute approximate surface area is 127 Å². The Balaban J connectivity index is 2.14. The summed E-state index contributed by atoms with van der Waals surface area (Å²) in [7, 11) is 0. The second kappa shape index (κ2) is 6.27. The molecule has 0 bridgehead atoms. The number of nitrogens with two attached hydrogens (primary N) is 1. The predicted octanol–water partition coefficient (Wildman–Crippen LogP) is 1.44. The summed E-state index contributed by atoms with van der Waals surface area (Å²) in [5, 5.41) is 16.8. The Morgan fingerprint density at radius 1 is 1.50 bits per heavy atom. The van der Waals surface area contributed by atoms with Crippen LogP contribution in [-0.2, 0) is 0 Å². The number of carbonyl (C=O) groups excluding carboxylic acids is 1. The van der Waals surface area contributed by atoms with Crippen molar-refractivity contribution in [3.63, 3.8) is 0 Å². The second-order valence-electron chi connectivity index (χ2n) is 5.89. The first-order chi connectivity index (χ1) is 10.3. The fraction of sp³-hybridized carbons (Fsp3) is 0.500. The molecule has 0 radical (unpaired) electrons. The molecule has 1 aliphatic rings. The lowest BCUT2D eigenvalue weighted by Crippen LogP contribution is -2.43. The molecule has 0 aromatic heterocycles. The molecular weight excluding hydrogens is 291 g/mol. The van der Waals surface area contributed by atoms with Gasteiger partial charge in [0.15, 0.2) is 0 Å². The fourth-order valence-electron chi connectivity index (χ4n) is 2.54. The number of amides is 1. The van der Waals surface area contributed by atoms with Gasteiger partial charge in [0, 0.05) is 6.54 Å². The smallest absolute Gasteiger partial charge is 0.295 e. The molecule has 22 heavy (non-hydrogen) atoms. The van der Waals surface area contributed by atoms with E-state index in [4.69, 9.17) is 5.73 Å². The molecule has 7 nitrogen and oxygen atoms in total. The van der Waals surface area contributed by atoms with Crippen molar-refractivity contribution >= 4 is 17.3 Å². The zero-order chi connectivity index (χ0) is 16.3. The molecule has 1 saturated heterocycles. The highest BCUT2D eigenvalue weighted by Crippen LogP contribution is 2.29. The van der Waals surface area contributed by atoms with E-state index in [1.54, 1.807) is 0 Å². The lowest BCUT2D eigenvalue weighted by atomic mass is 9.81. The largest absolute Gasteiger partial charge is 0.393 e. The van der Waals surface area contributed by atoms with E-state index in [1.807, 2.05) is 0 Å². The Morgan fingerprint density at radius 3 is 2.73 bits per heavy atom. The van der Waals surface area contributed by atoms with Gasteiger partial charge in [-0.2, -0.15) is 0 Å². The highest BCUT2D eigenvalue weighted by Gasteiger charge is 2.28. The summed E-state index contributed by atoms with van der Waals surface area (Å²) in [5.41, 5.74) is 4.45. The van der Waals surface area contributed by atoms with Crippen LogP contribution in [-0.4, -0.2) is 30.5 Å². The summed E-state index contributed by atoms with van der Waals surface area (Å²) in [4.78, 5) is 22.2. The number of nitrogens with one attached hydrogen (secondary N) is 2. The molecule has 0 aliphatic carbocycles. The number of anilines is 1. The molecule has 1 aliphatic heterocycles. The Hall–Kier alpha value is -2.22. The maximum Gasteiger partial charge on any atom is 0.295 e. The van der Waals surface area contributed by atoms with Crippen LogP contribution in [0.1, 0.15) is 30.1 Å². The van der Waals surface area contributed by atoms with Crippen molar-refractivity contribution < 1.29 is 14.1 Å². The van der Waals surface area contributed by atoms with E-state index in [1.165, 1.54) is 0 Å². The molecule has 4 N–H and O–H groups in total. The Kier molecular flexibility index (Phi) is 4.60. The van der Waals surface area contributed by atoms with E-state index < -0.39 is 22.3 Å². The van der Waals surface area contributed by atoms with Crippen LogP contribution in [0.2, 0.25) is 0 Å². The zero-order valence-corrected chi connectivity index (χ0v) is 12.3. The molecule has 120 valence electrons. The minimum Gasteiger partial charge on any atom is -0.393 e. The molecule has 1 aromatic rings. The Morgan fingerprint density at radius 2 is 2.14 bits per heavy atom. The molecule has 0 spiro atoms. The van der Waals surface area contributed by atoms with Gasteiger partial charge < -0.3 is 16.4 Å². The molecule has 1 fully saturated rings. The van der Waals surface area contributed by atoms with Gasteiger partial charge >= 0.3 is 0 Å². The average molecular weight is 310 g/mol. The molecule has 0 saturated carbocycles. The van der Waals surface area contributed by atoms with Crippen molar-refractivity contribution in [1.29, 1.82) is 0 Å². The zero-order valence-electron chi connectivity index (χ0n) is 12.3. The minimum absolute atomic E-state index is 0.0467. The van der Waals surface area contributed by atoms with Gasteiger partial charge in [-0.25, -0.2) is 4.39 Å². The first-order valence-electron chi connectivity index (χ1n) is 7.05. The van der Waals surface area contributed by atoms with Crippen molar-refractivity contribution in [2.75, 3.05) is 25.4 Å². The quantitative estimate of drug-likeness (QED) is 0.443. The van der Waals surface area contributed by atoms with E-state index in [0.717, 1.165) is 32.0 Å². The highest BCUT2D eigenvalue weighted by molar-refractivity contribution is 6.01. The van der Waals surface area contributed by atoms with Crippen molar-refractivity contribution in [3.05, 3.63) is 33.6 Å². The number of nitrogen functional groups attached to an aromatic ring is 1. The van der Waals surface area contributed by atoms with Gasteiger partial charge in [-0.3, -0.25) is 14.9 Å². The molecular formula is C14H19FN4O3. The number of halogens is 1. The molecule has 0 unspecified atom stereocenters. The monoisotopic (exact) mass is 310 g/mol. The molecule has 0 atom stereocenters. The van der Waals surface area contributed by atoms with E-state index in [-0.39, 0.29) is 16.7 Å². The predicted molar refractivity (Wildman–Crippen MR) is 80.0 cm³/mol. The van der Waals surface area contributed by atoms with Gasteiger partial charge in [-0.15, -0.1) is 0 Å². The Bertz CT molecular complexity index is 600. The van der Waals surface area contributed by atoms with Crippen molar-refractivity contribution in [2.45, 2.75) is 19.8 Å². The molecule has 1 amide bonds. The third kappa shape index (κ3) is 3.51. The number of rotatable bonds is 4. The van der Waals surface area contributed by atoms with Crippen molar-refractivity contribution in [2.24, 2.45) is 5.41 Å². The molecule has 2 rings (SSSR count). The van der Waals surface area contributed by atoms with Crippen LogP contribution in [0.25, 0.3) is 0 Å². The fourth-order valence-corrected chi connectivity index (χ4v) is 2.54. The van der Waals surface area contributed by atoms with E-state index in [2.05, 4.69) is 17.6 Å². The van der Waals surface area contributed by atoms with Crippen LogP contribution in [0, 0.1) is 21.3 Å². The molecule has 8 heteroatoms. The van der Waals surface area contributed by atoms with Gasteiger partial charge in [0.2, 0.25) is 0 Å². The topological polar surface area (TPSA) is 110 Å². The number of nitro groups is 1. The third-order valence-electron chi connectivity index (χ3n) is 4.05. The highest BCUT2D eigenvalue weighted by atomic mass is 19.1. The van der Waals surface area contributed by atoms with E-state index >= 15 is 0 Å². The van der Waals surface area contributed by atoms with Crippen molar-refractivity contribution in [3.8, 4) is 0 Å². The third-order valence-corrected chi connectivity index (χ3v) is 4.05. The van der Waals surface area contributed by atoms with Crippen LogP contribution in [0.5, 0.6) is 0 Å². The number of nitrogens with zero attached hydrogens (tertiary/aromatic N) is 1. The van der Waals surface area contributed by atoms with Crippen LogP contribution < -0.4 is 16.4 Å². The summed E-state index contributed by atoms with van der Waals surface area (Å²) in [6.45, 7) is 4.22. The van der Waals surface area contributed by atoms with E-state index in [9.17, 15) is 19.3 Å². The number of benzene rings is 1. The van der Waals surface area contributed by atoms with Gasteiger partial charge in [0.1, 0.15) is 11.5 Å². The minimum atomic E-state index is -0.862. The van der Waals surface area contributed by atoms with Gasteiger partial charge in [-0.1, -0.05) is 6.92 Å². The number of nitro benzene ring substituents is 1. The van der Waals surface area contributed by atoms with Gasteiger partial charge in [-0.05, 0) is 37.4 Å². The lowest BCUT2D eigenvalue weighted by molar-refractivity contribution is -0.384. The average Bonchev–Trinajstić information content (AvgIpc) is 2.47. The van der Waals surface area contributed by atoms with Gasteiger partial charge in [0.25, 0.3) is 11.6 Å². The standard InChI is InChI=1S/C14H19FN4O3/c1-14(2-4-17-5-3-14)8-18-13(20)10-6-9(15)7-11(12(10)16)19(21)22/h6-7,17H,2-5,8,16H2,1H3,(H,18,20). The number of hydrogen-bond acceptors (Lipinski definition) is 5. The summed E-state index contributed by atoms with van der Waals surface area (Å²) < 4.78 is 13.5. The summed E-state index contributed by atoms with van der Waals surface area (Å²) in [6, 6.07) is 1.63. The van der Waals surface area contributed by atoms with Crippen LogP contribution in [0.15, 0.2) is 12.1 Å². The second-order valence-corrected chi connectivity index (χ2v) is 5.89. The van der Waals surface area contributed by atoms with Gasteiger partial charge in [0.05, 0.1) is 16.6 Å². The maximum absolute atomic E-state index is 13.5. The van der Waals surface area contributed by atoms with Crippen molar-refractivity contribution in [1.82, 2.24) is 10.6 Å². The number of piperidine rings is 1. The lowest BCUT2D eigenvalue weighted by Gasteiger charge is -2.34. The number of carbonyl (C=O) groups is 1. The summed E-state index contributed by atoms with van der Waals surface area (Å²) in [5.74, 6) is -1.46. The summed E-state index contributed by atoms with van der Waals surface area (Å²) in [6.07, 6.45) is 1.82. The number of hydrogen-bond donors (Lipinski definition) is 3. The first kappa shape index (κ1) is 16.2.